The highest BCUT2D eigenvalue weighted by atomic mass is 127. The molecule has 296 valence electrons. The first kappa shape index (κ1) is 44.7. The number of hydrogen-bond donors (Lipinski definition) is 7. The molecule has 0 aromatic carbocycles. The number of alkyl halides is 1. The lowest BCUT2D eigenvalue weighted by molar-refractivity contribution is -0.130. The van der Waals surface area contributed by atoms with Gasteiger partial charge in [-0.25, -0.2) is 28.6 Å². The number of phosphoric ester groups is 1. The third-order valence-corrected chi connectivity index (χ3v) is 12.3. The fraction of sp³-hybridized carbons (Fsp3) is 0.731. The van der Waals surface area contributed by atoms with E-state index in [4.69, 9.17) is 14.5 Å². The second kappa shape index (κ2) is 20.3. The zero-order chi connectivity index (χ0) is 38.7. The molecule has 22 nitrogen and oxygen atoms in total. The maximum absolute atomic E-state index is 12.4. The molecule has 6 atom stereocenters. The zero-order valence-corrected chi connectivity index (χ0v) is 33.3. The van der Waals surface area contributed by atoms with Gasteiger partial charge in [-0.3, -0.25) is 18.7 Å². The van der Waals surface area contributed by atoms with Gasteiger partial charge in [0.05, 0.1) is 17.4 Å². The van der Waals surface area contributed by atoms with Gasteiger partial charge in [-0.15, -0.1) is 0 Å². The number of fused-ring (bicyclic) bond motifs is 1. The number of halogens is 1. The fourth-order valence-corrected chi connectivity index (χ4v) is 8.50. The molecule has 6 unspecified atom stereocenters. The predicted octanol–water partition coefficient (Wildman–Crippen LogP) is 1.36. The van der Waals surface area contributed by atoms with E-state index in [1.807, 2.05) is 34.5 Å². The first-order valence-electron chi connectivity index (χ1n) is 16.1. The van der Waals surface area contributed by atoms with Crippen molar-refractivity contribution in [3.05, 3.63) is 12.7 Å². The number of rotatable bonds is 23. The summed E-state index contributed by atoms with van der Waals surface area (Å²) in [4.78, 5) is 76.6. The van der Waals surface area contributed by atoms with Gasteiger partial charge in [0, 0.05) is 40.2 Å². The van der Waals surface area contributed by atoms with Crippen molar-refractivity contribution < 1.29 is 71.0 Å². The summed E-state index contributed by atoms with van der Waals surface area (Å²) in [6.07, 6.45) is 2.94. The van der Waals surface area contributed by atoms with Gasteiger partial charge >= 0.3 is 23.5 Å². The Hall–Kier alpha value is -1.69. The SMILES string of the molecule is CN(CCCCCCN(C)c1ncnc2c1ncn2C1OC(COP(=O)(O)OP(=O)(O)OP(=O)(O)O)C(O)C1O)C(=O)CCCCCNC(=O)CI. The van der Waals surface area contributed by atoms with Crippen molar-refractivity contribution in [3.8, 4) is 0 Å². The molecule has 2 aromatic heterocycles. The Labute approximate surface area is 312 Å². The number of carbonyl (C=O) groups is 2. The van der Waals surface area contributed by atoms with Gasteiger partial charge < -0.3 is 49.6 Å². The number of ether oxygens (including phenoxy) is 1. The first-order valence-corrected chi connectivity index (χ1v) is 22.1. The van der Waals surface area contributed by atoms with Crippen LogP contribution in [0.15, 0.2) is 12.7 Å². The van der Waals surface area contributed by atoms with Gasteiger partial charge in [0.15, 0.2) is 23.2 Å². The number of aromatic nitrogens is 4. The summed E-state index contributed by atoms with van der Waals surface area (Å²) in [6, 6.07) is 0. The Bertz CT molecular complexity index is 1630. The second-order valence-electron chi connectivity index (χ2n) is 11.9. The van der Waals surface area contributed by atoms with Crippen molar-refractivity contribution in [2.75, 3.05) is 49.7 Å². The number of unbranched alkanes of at least 4 members (excludes halogenated alkanes) is 5. The number of nitrogens with zero attached hydrogens (tertiary/aromatic N) is 6. The highest BCUT2D eigenvalue weighted by molar-refractivity contribution is 14.1. The van der Waals surface area contributed by atoms with Crippen LogP contribution >= 0.6 is 46.1 Å². The minimum Gasteiger partial charge on any atom is -0.387 e. The van der Waals surface area contributed by atoms with Crippen LogP contribution in [-0.4, -0.2) is 129 Å². The number of hydrogen-bond acceptors (Lipinski definition) is 15. The van der Waals surface area contributed by atoms with Crippen molar-refractivity contribution >= 4 is 74.9 Å². The Morgan fingerprint density at radius 1 is 0.923 bits per heavy atom. The molecule has 3 heterocycles. The molecule has 0 aliphatic carbocycles. The van der Waals surface area contributed by atoms with Crippen molar-refractivity contribution in [1.82, 2.24) is 29.7 Å². The molecule has 2 amide bonds. The quantitative estimate of drug-likeness (QED) is 0.0358. The molecule has 52 heavy (non-hydrogen) atoms. The van der Waals surface area contributed by atoms with E-state index in [1.165, 1.54) is 17.2 Å². The lowest BCUT2D eigenvalue weighted by atomic mass is 10.1. The van der Waals surface area contributed by atoms with E-state index in [2.05, 4.69) is 33.4 Å². The van der Waals surface area contributed by atoms with E-state index in [0.717, 1.165) is 44.9 Å². The van der Waals surface area contributed by atoms with Gasteiger partial charge in [0.25, 0.3) is 0 Å². The smallest absolute Gasteiger partial charge is 0.387 e. The Balaban J connectivity index is 1.45. The molecular formula is C26H45IN7O15P3. The van der Waals surface area contributed by atoms with Crippen molar-refractivity contribution in [2.24, 2.45) is 0 Å². The number of aliphatic hydroxyl groups is 2. The summed E-state index contributed by atoms with van der Waals surface area (Å²) in [5, 5.41) is 24.0. The van der Waals surface area contributed by atoms with Crippen molar-refractivity contribution in [1.29, 1.82) is 0 Å². The maximum atomic E-state index is 12.4. The number of imidazole rings is 1. The summed E-state index contributed by atoms with van der Waals surface area (Å²) in [7, 11) is -13.2. The average Bonchev–Trinajstić information content (AvgIpc) is 3.60. The van der Waals surface area contributed by atoms with Crippen LogP contribution in [0.2, 0.25) is 0 Å². The monoisotopic (exact) mass is 915 g/mol. The molecule has 1 aliphatic heterocycles. The Morgan fingerprint density at radius 2 is 1.60 bits per heavy atom. The zero-order valence-electron chi connectivity index (χ0n) is 28.4. The van der Waals surface area contributed by atoms with Crippen molar-refractivity contribution in [2.45, 2.75) is 75.9 Å². The molecule has 1 fully saturated rings. The van der Waals surface area contributed by atoms with Gasteiger partial charge in [0.2, 0.25) is 11.8 Å². The Kier molecular flexibility index (Phi) is 17.4. The number of phosphoric acid groups is 3. The van der Waals surface area contributed by atoms with E-state index < -0.39 is 54.6 Å². The summed E-state index contributed by atoms with van der Waals surface area (Å²) in [6.45, 7) is 0.936. The van der Waals surface area contributed by atoms with E-state index in [9.17, 15) is 43.3 Å². The number of anilines is 1. The lowest BCUT2D eigenvalue weighted by Gasteiger charge is -2.20. The summed E-state index contributed by atoms with van der Waals surface area (Å²) in [5.74, 6) is 0.606. The van der Waals surface area contributed by atoms with Crippen LogP contribution in [0.25, 0.3) is 11.2 Å². The molecular weight excluding hydrogens is 870 g/mol. The number of carbonyl (C=O) groups excluding carboxylic acids is 2. The Morgan fingerprint density at radius 3 is 2.27 bits per heavy atom. The highest BCUT2D eigenvalue weighted by Gasteiger charge is 2.47. The molecule has 7 N–H and O–H groups in total. The average molecular weight is 916 g/mol. The van der Waals surface area contributed by atoms with E-state index >= 15 is 0 Å². The highest BCUT2D eigenvalue weighted by Crippen LogP contribution is 2.66. The largest absolute Gasteiger partial charge is 0.490 e. The summed E-state index contributed by atoms with van der Waals surface area (Å²) < 4.78 is 53.7. The summed E-state index contributed by atoms with van der Waals surface area (Å²) in [5.41, 5.74) is 0.592. The molecule has 26 heteroatoms. The van der Waals surface area contributed by atoms with Gasteiger partial charge in [-0.1, -0.05) is 41.9 Å². The van der Waals surface area contributed by atoms with Crippen LogP contribution in [0.4, 0.5) is 5.82 Å². The van der Waals surface area contributed by atoms with E-state index in [1.54, 1.807) is 11.9 Å². The third kappa shape index (κ3) is 14.2. The minimum atomic E-state index is -5.75. The molecule has 0 saturated carbocycles. The molecule has 3 rings (SSSR count). The molecule has 0 bridgehead atoms. The summed E-state index contributed by atoms with van der Waals surface area (Å²) >= 11 is 2.01. The molecule has 1 aliphatic rings. The van der Waals surface area contributed by atoms with E-state index in [0.29, 0.717) is 41.8 Å². The molecule has 0 spiro atoms. The van der Waals surface area contributed by atoms with Gasteiger partial charge in [0.1, 0.15) is 24.6 Å². The van der Waals surface area contributed by atoms with Crippen LogP contribution in [0.1, 0.15) is 57.6 Å². The second-order valence-corrected chi connectivity index (χ2v) is 17.1. The molecule has 2 aromatic rings. The third-order valence-electron chi connectivity index (χ3n) is 7.80. The number of aliphatic hydroxyl groups excluding tert-OH is 2. The van der Waals surface area contributed by atoms with Crippen LogP contribution in [0.5, 0.6) is 0 Å². The normalized spacial score (nSPS) is 21.5. The molecule has 1 saturated heterocycles. The van der Waals surface area contributed by atoms with Crippen LogP contribution in [0.3, 0.4) is 0 Å². The predicted molar refractivity (Wildman–Crippen MR) is 191 cm³/mol. The fourth-order valence-electron chi connectivity index (χ4n) is 5.20. The number of amides is 2. The standard InChI is InChI=1S/C26H45IN7O15P3/c1-32(20(36)10-6-5-7-11-28-19(35)14-27)12-8-3-4-9-13-33(2)24-21-25(30-16-29-24)34(17-31-21)26-23(38)22(37)18(47-26)15-46-51(42,43)49-52(44,45)48-50(39,40)41/h16-18,22-23,26,37-38H,3-15H2,1-2H3,(H,28,35)(H,42,43)(H,44,45)(H2,39,40,41). The minimum absolute atomic E-state index is 0.0171. The van der Waals surface area contributed by atoms with Crippen LogP contribution in [-0.2, 0) is 41.2 Å². The van der Waals surface area contributed by atoms with Crippen LogP contribution in [0, 0.1) is 0 Å². The molecule has 0 radical (unpaired) electrons. The van der Waals surface area contributed by atoms with Crippen LogP contribution < -0.4 is 10.2 Å². The first-order chi connectivity index (χ1) is 24.3. The van der Waals surface area contributed by atoms with Gasteiger partial charge in [-0.2, -0.15) is 8.62 Å². The van der Waals surface area contributed by atoms with E-state index in [-0.39, 0.29) is 17.5 Å². The topological polar surface area (TPSA) is 306 Å². The van der Waals surface area contributed by atoms with Gasteiger partial charge in [-0.05, 0) is 25.7 Å². The lowest BCUT2D eigenvalue weighted by Crippen LogP contribution is -2.33. The maximum Gasteiger partial charge on any atom is 0.490 e. The van der Waals surface area contributed by atoms with Crippen molar-refractivity contribution in [3.63, 3.8) is 0 Å². The number of nitrogens with one attached hydrogen (secondary N) is 1.